The lowest BCUT2D eigenvalue weighted by atomic mass is 9.94. The monoisotopic (exact) mass is 396 g/mol. The first-order valence-electron chi connectivity index (χ1n) is 9.80. The summed E-state index contributed by atoms with van der Waals surface area (Å²) < 4.78 is 10.7. The highest BCUT2D eigenvalue weighted by Gasteiger charge is 2.35. The largest absolute Gasteiger partial charge is 0.492 e. The average Bonchev–Trinajstić information content (AvgIpc) is 2.72. The van der Waals surface area contributed by atoms with Crippen LogP contribution in [0.1, 0.15) is 16.7 Å². The molecule has 0 aromatic heterocycles. The fourth-order valence-corrected chi connectivity index (χ4v) is 3.56. The summed E-state index contributed by atoms with van der Waals surface area (Å²) in [5.41, 5.74) is 3.31. The zero-order valence-corrected chi connectivity index (χ0v) is 17.3. The molecule has 0 saturated heterocycles. The highest BCUT2D eigenvalue weighted by atomic mass is 16.5. The molecule has 2 aromatic rings. The number of carbonyl (C=O) groups is 2. The fourth-order valence-electron chi connectivity index (χ4n) is 3.56. The van der Waals surface area contributed by atoms with Crippen molar-refractivity contribution in [1.29, 1.82) is 0 Å². The molecule has 1 atom stereocenters. The minimum Gasteiger partial charge on any atom is -0.492 e. The maximum atomic E-state index is 13.0. The molecule has 0 fully saturated rings. The Balaban J connectivity index is 1.58. The number of methoxy groups -OCH3 is 1. The third kappa shape index (κ3) is 5.35. The normalized spacial score (nSPS) is 15.7. The van der Waals surface area contributed by atoms with E-state index in [1.165, 1.54) is 7.11 Å². The molecular weight excluding hydrogens is 368 g/mol. The molecule has 1 aliphatic heterocycles. The second-order valence-electron chi connectivity index (χ2n) is 7.44. The molecule has 0 bridgehead atoms. The fraction of sp³-hybridized carbons (Fsp3) is 0.391. The number of benzene rings is 2. The van der Waals surface area contributed by atoms with E-state index in [0.29, 0.717) is 26.1 Å². The highest BCUT2D eigenvalue weighted by molar-refractivity contribution is 5.86. The van der Waals surface area contributed by atoms with Crippen molar-refractivity contribution in [3.63, 3.8) is 0 Å². The van der Waals surface area contributed by atoms with Crippen LogP contribution in [0.15, 0.2) is 48.5 Å². The van der Waals surface area contributed by atoms with Gasteiger partial charge < -0.3 is 14.4 Å². The minimum absolute atomic E-state index is 0.0899. The molecule has 3 rings (SSSR count). The topological polar surface area (TPSA) is 59.1 Å². The van der Waals surface area contributed by atoms with Crippen LogP contribution in [0.4, 0.5) is 0 Å². The van der Waals surface area contributed by atoms with Crippen molar-refractivity contribution in [2.75, 3.05) is 33.9 Å². The molecule has 0 radical (unpaired) electrons. The quantitative estimate of drug-likeness (QED) is 0.673. The minimum atomic E-state index is -0.584. The predicted octanol–water partition coefficient (Wildman–Crippen LogP) is 2.43. The van der Waals surface area contributed by atoms with Crippen molar-refractivity contribution in [2.24, 2.45) is 0 Å². The summed E-state index contributed by atoms with van der Waals surface area (Å²) in [7, 11) is 3.24. The van der Waals surface area contributed by atoms with Crippen molar-refractivity contribution in [2.45, 2.75) is 25.9 Å². The number of rotatable bonds is 7. The van der Waals surface area contributed by atoms with Crippen molar-refractivity contribution >= 4 is 11.9 Å². The van der Waals surface area contributed by atoms with E-state index in [1.807, 2.05) is 67.4 Å². The van der Waals surface area contributed by atoms with Gasteiger partial charge in [-0.15, -0.1) is 0 Å². The third-order valence-corrected chi connectivity index (χ3v) is 5.18. The summed E-state index contributed by atoms with van der Waals surface area (Å²) >= 11 is 0. The number of aryl methyl sites for hydroxylation is 1. The van der Waals surface area contributed by atoms with E-state index in [-0.39, 0.29) is 18.4 Å². The molecule has 29 heavy (non-hydrogen) atoms. The van der Waals surface area contributed by atoms with Gasteiger partial charge in [0.2, 0.25) is 5.91 Å². The number of hydrogen-bond acceptors (Lipinski definition) is 5. The van der Waals surface area contributed by atoms with E-state index < -0.39 is 6.04 Å². The average molecular weight is 396 g/mol. The van der Waals surface area contributed by atoms with E-state index in [1.54, 1.807) is 4.90 Å². The first-order valence-corrected chi connectivity index (χ1v) is 9.80. The van der Waals surface area contributed by atoms with Crippen molar-refractivity contribution < 1.29 is 19.1 Å². The Hall–Kier alpha value is -2.86. The molecule has 1 unspecified atom stereocenters. The maximum absolute atomic E-state index is 13.0. The van der Waals surface area contributed by atoms with E-state index in [4.69, 9.17) is 9.47 Å². The van der Waals surface area contributed by atoms with Gasteiger partial charge in [-0.3, -0.25) is 9.69 Å². The molecule has 0 saturated carbocycles. The van der Waals surface area contributed by atoms with Crippen LogP contribution in [0.2, 0.25) is 0 Å². The summed E-state index contributed by atoms with van der Waals surface area (Å²) in [5.74, 6) is 0.356. The lowest BCUT2D eigenvalue weighted by Gasteiger charge is -2.36. The van der Waals surface area contributed by atoms with Crippen LogP contribution in [0.5, 0.6) is 5.75 Å². The van der Waals surface area contributed by atoms with Crippen LogP contribution in [0.25, 0.3) is 0 Å². The van der Waals surface area contributed by atoms with Gasteiger partial charge in [0.25, 0.3) is 0 Å². The van der Waals surface area contributed by atoms with E-state index in [0.717, 1.165) is 22.4 Å². The second-order valence-corrected chi connectivity index (χ2v) is 7.44. The molecule has 1 amide bonds. The molecule has 154 valence electrons. The molecule has 1 heterocycles. The van der Waals surface area contributed by atoms with Crippen LogP contribution in [0.3, 0.4) is 0 Å². The molecule has 0 aliphatic carbocycles. The number of esters is 1. The number of carbonyl (C=O) groups excluding carboxylic acids is 2. The molecule has 0 N–H and O–H groups in total. The SMILES string of the molecule is COC(=O)C1Cc2ccccc2CN1C(=O)CN(C)CCOc1cccc(C)c1. The van der Waals surface area contributed by atoms with Gasteiger partial charge in [-0.25, -0.2) is 4.79 Å². The van der Waals surface area contributed by atoms with Gasteiger partial charge in [0.15, 0.2) is 0 Å². The summed E-state index contributed by atoms with van der Waals surface area (Å²) in [5, 5.41) is 0. The molecule has 6 heteroatoms. The van der Waals surface area contributed by atoms with Gasteiger partial charge in [-0.05, 0) is 42.8 Å². The van der Waals surface area contributed by atoms with Crippen LogP contribution in [-0.2, 0) is 27.3 Å². The Morgan fingerprint density at radius 2 is 1.90 bits per heavy atom. The second kappa shape index (κ2) is 9.56. The van der Waals surface area contributed by atoms with Crippen molar-refractivity contribution in [3.05, 3.63) is 65.2 Å². The smallest absolute Gasteiger partial charge is 0.328 e. The molecule has 0 spiro atoms. The Bertz CT molecular complexity index is 867. The lowest BCUT2D eigenvalue weighted by molar-refractivity contribution is -0.154. The van der Waals surface area contributed by atoms with Crippen LogP contribution < -0.4 is 4.74 Å². The number of fused-ring (bicyclic) bond motifs is 1. The molecular formula is C23H28N2O4. The van der Waals surface area contributed by atoms with Crippen LogP contribution in [-0.4, -0.2) is 61.6 Å². The summed E-state index contributed by atoms with van der Waals surface area (Å²) in [6.07, 6.45) is 0.481. The Labute approximate surface area is 172 Å². The maximum Gasteiger partial charge on any atom is 0.328 e. The number of likely N-dealkylation sites (N-methyl/N-ethyl adjacent to an activating group) is 1. The Morgan fingerprint density at radius 3 is 2.62 bits per heavy atom. The van der Waals surface area contributed by atoms with Crippen LogP contribution >= 0.6 is 0 Å². The van der Waals surface area contributed by atoms with Gasteiger partial charge in [-0.2, -0.15) is 0 Å². The van der Waals surface area contributed by atoms with Gasteiger partial charge in [0.05, 0.1) is 13.7 Å². The first kappa shape index (κ1) is 20.9. The number of hydrogen-bond donors (Lipinski definition) is 0. The van der Waals surface area contributed by atoms with E-state index in [9.17, 15) is 9.59 Å². The number of ether oxygens (including phenoxy) is 2. The van der Waals surface area contributed by atoms with E-state index >= 15 is 0 Å². The molecule has 1 aliphatic rings. The standard InChI is InChI=1S/C23H28N2O4/c1-17-7-6-10-20(13-17)29-12-11-24(2)16-22(26)25-15-19-9-5-4-8-18(19)14-21(25)23(27)28-3/h4-10,13,21H,11-12,14-16H2,1-3H3. The Morgan fingerprint density at radius 1 is 1.14 bits per heavy atom. The van der Waals surface area contributed by atoms with Crippen molar-refractivity contribution in [3.8, 4) is 5.75 Å². The van der Waals surface area contributed by atoms with Gasteiger partial charge in [0.1, 0.15) is 18.4 Å². The molecule has 6 nitrogen and oxygen atoms in total. The zero-order chi connectivity index (χ0) is 20.8. The van der Waals surface area contributed by atoms with Gasteiger partial charge >= 0.3 is 5.97 Å². The number of amides is 1. The van der Waals surface area contributed by atoms with Gasteiger partial charge in [0, 0.05) is 19.5 Å². The number of nitrogens with zero attached hydrogens (tertiary/aromatic N) is 2. The Kier molecular flexibility index (Phi) is 6.88. The third-order valence-electron chi connectivity index (χ3n) is 5.18. The summed E-state index contributed by atoms with van der Waals surface area (Å²) in [4.78, 5) is 28.8. The highest BCUT2D eigenvalue weighted by Crippen LogP contribution is 2.24. The van der Waals surface area contributed by atoms with E-state index in [2.05, 4.69) is 0 Å². The predicted molar refractivity (Wildman–Crippen MR) is 111 cm³/mol. The van der Waals surface area contributed by atoms with Crippen molar-refractivity contribution in [1.82, 2.24) is 9.80 Å². The van der Waals surface area contributed by atoms with Gasteiger partial charge in [-0.1, -0.05) is 36.4 Å². The lowest BCUT2D eigenvalue weighted by Crippen LogP contribution is -2.51. The first-order chi connectivity index (χ1) is 14.0. The molecule has 2 aromatic carbocycles. The van der Waals surface area contributed by atoms with Crippen LogP contribution in [0, 0.1) is 6.92 Å². The summed E-state index contributed by atoms with van der Waals surface area (Å²) in [6, 6.07) is 15.2. The zero-order valence-electron chi connectivity index (χ0n) is 17.3. The summed E-state index contributed by atoms with van der Waals surface area (Å²) in [6.45, 7) is 3.74.